The molecule has 0 aromatic rings. The smallest absolute Gasteiger partial charge is 0.463 e. The number of allylic oxidation sites excluding steroid dienone is 6. The number of ether oxygens (including phenoxy) is 1. The molecule has 0 heterocycles. The van der Waals surface area contributed by atoms with Crippen LogP contribution in [0.5, 0.6) is 0 Å². The lowest BCUT2D eigenvalue weighted by Crippen LogP contribution is -2.27. The molecule has 400 valence electrons. The zero-order chi connectivity index (χ0) is 49.5. The predicted molar refractivity (Wildman–Crippen MR) is 289 cm³/mol. The van der Waals surface area contributed by atoms with Gasteiger partial charge in [-0.1, -0.05) is 262 Å². The van der Waals surface area contributed by atoms with E-state index >= 15 is 0 Å². The maximum absolute atomic E-state index is 12.2. The molecule has 0 fully saturated rings. The highest BCUT2D eigenvalue weighted by atomic mass is 31.2. The van der Waals surface area contributed by atoms with Crippen molar-refractivity contribution >= 4 is 19.7 Å². The summed E-state index contributed by atoms with van der Waals surface area (Å²) in [5, 5.41) is 12.8. The number of unbranched alkanes of at least 4 members (excludes halogenated alkanes) is 36. The monoisotopic (exact) mass is 980 g/mol. The van der Waals surface area contributed by atoms with Crippen molar-refractivity contribution in [3.8, 4) is 0 Å². The van der Waals surface area contributed by atoms with Gasteiger partial charge in [-0.2, -0.15) is 0 Å². The highest BCUT2D eigenvalue weighted by molar-refractivity contribution is 7.47. The topological polar surface area (TPSA) is 131 Å². The zero-order valence-electron chi connectivity index (χ0n) is 44.6. The fourth-order valence-corrected chi connectivity index (χ4v) is 9.21. The molecular formula is C58H110NO8P. The Morgan fingerprint density at radius 1 is 0.456 bits per heavy atom. The third-order valence-corrected chi connectivity index (χ3v) is 13.8. The zero-order valence-corrected chi connectivity index (χ0v) is 45.5. The molecule has 9 nitrogen and oxygen atoms in total. The summed E-state index contributed by atoms with van der Waals surface area (Å²) < 4.78 is 27.1. The Labute approximate surface area is 420 Å². The number of amides is 1. The quantitative estimate of drug-likeness (QED) is 0.0238. The van der Waals surface area contributed by atoms with Crippen LogP contribution < -0.4 is 5.32 Å². The summed E-state index contributed by atoms with van der Waals surface area (Å²) in [6.45, 7) is 3.58. The largest absolute Gasteiger partial charge is 0.472 e. The summed E-state index contributed by atoms with van der Waals surface area (Å²) in [7, 11) is -4.43. The molecule has 1 amide bonds. The number of hydrogen-bond acceptors (Lipinski definition) is 7. The van der Waals surface area contributed by atoms with Crippen molar-refractivity contribution < 1.29 is 37.9 Å². The molecule has 0 aromatic heterocycles. The van der Waals surface area contributed by atoms with Gasteiger partial charge >= 0.3 is 13.8 Å². The fourth-order valence-electron chi connectivity index (χ4n) is 8.45. The van der Waals surface area contributed by atoms with Crippen LogP contribution in [0.1, 0.15) is 290 Å². The minimum atomic E-state index is -4.43. The van der Waals surface area contributed by atoms with Crippen molar-refractivity contribution in [3.63, 3.8) is 0 Å². The number of carbonyl (C=O) groups excluding carboxylic acids is 2. The molecule has 0 saturated heterocycles. The van der Waals surface area contributed by atoms with Gasteiger partial charge in [-0.25, -0.2) is 4.57 Å². The molecule has 0 aliphatic rings. The van der Waals surface area contributed by atoms with E-state index in [-0.39, 0.29) is 32.1 Å². The van der Waals surface area contributed by atoms with Crippen molar-refractivity contribution in [2.75, 3.05) is 26.4 Å². The standard InChI is InChI=1S/C58H110NO8P/c1-3-5-7-9-11-13-15-17-19-21-23-25-27-29-30-32-34-36-38-40-42-44-46-48-50-57(61)59-52-53-66-68(63,64)67-55-56(60)54-65-58(62)51-49-47-45-43-41-39-37-35-33-31-28-26-24-22-20-18-16-14-12-10-8-6-4-2/h12,14,18,20,24,26,56,60H,3-11,13,15-17,19,21-23,25,27-55H2,1-2H3,(H,59,61)(H,63,64)/b14-12-,20-18-,26-24-. The lowest BCUT2D eigenvalue weighted by Gasteiger charge is -2.15. The van der Waals surface area contributed by atoms with Crippen molar-refractivity contribution in [1.82, 2.24) is 5.32 Å². The predicted octanol–water partition coefficient (Wildman–Crippen LogP) is 17.6. The van der Waals surface area contributed by atoms with E-state index in [1.807, 2.05) is 0 Å². The Morgan fingerprint density at radius 2 is 0.794 bits per heavy atom. The molecule has 0 saturated carbocycles. The number of carbonyl (C=O) groups is 2. The Kier molecular flexibility index (Phi) is 53.1. The summed E-state index contributed by atoms with van der Waals surface area (Å²) in [5.74, 6) is -0.508. The van der Waals surface area contributed by atoms with Crippen LogP contribution in [0.25, 0.3) is 0 Å². The molecule has 2 unspecified atom stereocenters. The van der Waals surface area contributed by atoms with Gasteiger partial charge in [0.2, 0.25) is 5.91 Å². The maximum atomic E-state index is 12.2. The molecule has 0 aliphatic carbocycles. The van der Waals surface area contributed by atoms with Crippen molar-refractivity contribution in [1.29, 1.82) is 0 Å². The minimum absolute atomic E-state index is 0.0848. The Bertz CT molecular complexity index is 1210. The average Bonchev–Trinajstić information content (AvgIpc) is 3.33. The Hall–Kier alpha value is -1.77. The number of hydrogen-bond donors (Lipinski definition) is 3. The number of nitrogens with one attached hydrogen (secondary N) is 1. The number of aliphatic hydroxyl groups excluding tert-OH is 1. The van der Waals surface area contributed by atoms with E-state index in [1.165, 1.54) is 212 Å². The van der Waals surface area contributed by atoms with Gasteiger partial charge in [-0.3, -0.25) is 18.6 Å². The van der Waals surface area contributed by atoms with Gasteiger partial charge in [0.1, 0.15) is 12.7 Å². The van der Waals surface area contributed by atoms with E-state index in [9.17, 15) is 24.2 Å². The summed E-state index contributed by atoms with van der Waals surface area (Å²) in [4.78, 5) is 34.2. The Morgan fingerprint density at radius 3 is 1.22 bits per heavy atom. The van der Waals surface area contributed by atoms with Crippen LogP contribution in [0.2, 0.25) is 0 Å². The van der Waals surface area contributed by atoms with Crippen LogP contribution in [0.4, 0.5) is 0 Å². The van der Waals surface area contributed by atoms with Crippen LogP contribution >= 0.6 is 7.82 Å². The van der Waals surface area contributed by atoms with Crippen molar-refractivity contribution in [2.45, 2.75) is 296 Å². The molecule has 0 radical (unpaired) electrons. The SMILES string of the molecule is CCCCC/C=C\C/C=C\C/C=C\CCCCCCCCCCCCC(=O)OCC(O)COP(=O)(O)OCCNC(=O)CCCCCCCCCCCCCCCCCCCCCCCCCC. The van der Waals surface area contributed by atoms with E-state index in [4.69, 9.17) is 13.8 Å². The van der Waals surface area contributed by atoms with E-state index in [0.717, 1.165) is 51.4 Å². The van der Waals surface area contributed by atoms with Crippen LogP contribution in [-0.4, -0.2) is 54.3 Å². The van der Waals surface area contributed by atoms with E-state index in [1.54, 1.807) is 0 Å². The van der Waals surface area contributed by atoms with Gasteiger partial charge in [0, 0.05) is 19.4 Å². The first-order valence-corrected chi connectivity index (χ1v) is 30.5. The second-order valence-corrected chi connectivity index (χ2v) is 21.1. The second kappa shape index (κ2) is 54.6. The fraction of sp³-hybridized carbons (Fsp3) is 0.862. The van der Waals surface area contributed by atoms with Gasteiger partial charge in [0.25, 0.3) is 0 Å². The van der Waals surface area contributed by atoms with Crippen LogP contribution in [-0.2, 0) is 27.9 Å². The molecule has 2 atom stereocenters. The highest BCUT2D eigenvalue weighted by Crippen LogP contribution is 2.43. The number of phosphoric acid groups is 1. The minimum Gasteiger partial charge on any atom is -0.463 e. The molecule has 3 N–H and O–H groups in total. The van der Waals surface area contributed by atoms with Crippen LogP contribution in [0, 0.1) is 0 Å². The average molecular weight is 980 g/mol. The number of esters is 1. The first-order chi connectivity index (χ1) is 33.3. The highest BCUT2D eigenvalue weighted by Gasteiger charge is 2.23. The van der Waals surface area contributed by atoms with Gasteiger partial charge in [0.05, 0.1) is 13.2 Å². The first kappa shape index (κ1) is 66.2. The number of rotatable bonds is 55. The van der Waals surface area contributed by atoms with Crippen molar-refractivity contribution in [3.05, 3.63) is 36.5 Å². The molecule has 0 rings (SSSR count). The van der Waals surface area contributed by atoms with E-state index < -0.39 is 26.5 Å². The number of aliphatic hydroxyl groups is 1. The van der Waals surface area contributed by atoms with Gasteiger partial charge < -0.3 is 20.1 Å². The van der Waals surface area contributed by atoms with E-state index in [0.29, 0.717) is 6.42 Å². The molecule has 10 heteroatoms. The van der Waals surface area contributed by atoms with Gasteiger partial charge in [-0.15, -0.1) is 0 Å². The maximum Gasteiger partial charge on any atom is 0.472 e. The van der Waals surface area contributed by atoms with Crippen molar-refractivity contribution in [2.24, 2.45) is 0 Å². The summed E-state index contributed by atoms with van der Waals surface area (Å²) >= 11 is 0. The molecule has 68 heavy (non-hydrogen) atoms. The summed E-state index contributed by atoms with van der Waals surface area (Å²) in [5.41, 5.74) is 0. The van der Waals surface area contributed by atoms with Gasteiger partial charge in [0.15, 0.2) is 0 Å². The van der Waals surface area contributed by atoms with Crippen LogP contribution in [0.15, 0.2) is 36.5 Å². The normalized spacial score (nSPS) is 13.3. The molecule has 0 aliphatic heterocycles. The molecule has 0 aromatic carbocycles. The third-order valence-electron chi connectivity index (χ3n) is 12.8. The molecular weight excluding hydrogens is 870 g/mol. The second-order valence-electron chi connectivity index (χ2n) is 19.6. The summed E-state index contributed by atoms with van der Waals surface area (Å²) in [6, 6.07) is 0. The van der Waals surface area contributed by atoms with Gasteiger partial charge in [-0.05, 0) is 51.4 Å². The Balaban J connectivity index is 3.51. The lowest BCUT2D eigenvalue weighted by atomic mass is 10.0. The number of phosphoric ester groups is 1. The van der Waals surface area contributed by atoms with Crippen LogP contribution in [0.3, 0.4) is 0 Å². The lowest BCUT2D eigenvalue weighted by molar-refractivity contribution is -0.147. The first-order valence-electron chi connectivity index (χ1n) is 29.0. The molecule has 0 bridgehead atoms. The third kappa shape index (κ3) is 55.2. The van der Waals surface area contributed by atoms with E-state index in [2.05, 4.69) is 55.6 Å². The summed E-state index contributed by atoms with van der Waals surface area (Å²) in [6.07, 6.45) is 65.3. The molecule has 0 spiro atoms.